The molecule has 0 radical (unpaired) electrons. The Bertz CT molecular complexity index is 312. The Morgan fingerprint density at radius 3 is 2.11 bits per heavy atom. The molecule has 0 aromatic heterocycles. The van der Waals surface area contributed by atoms with Crippen molar-refractivity contribution in [2.45, 2.75) is 13.0 Å². The van der Waals surface area contributed by atoms with Crippen LogP contribution in [0.5, 0.6) is 0 Å². The summed E-state index contributed by atoms with van der Waals surface area (Å²) in [6, 6.07) is 9.55. The van der Waals surface area contributed by atoms with Crippen LogP contribution in [0, 0.1) is 5.92 Å². The number of hydrogen-bond acceptors (Lipinski definition) is 4. The van der Waals surface area contributed by atoms with Crippen LogP contribution in [0.1, 0.15) is 18.6 Å². The summed E-state index contributed by atoms with van der Waals surface area (Å²) in [5.41, 5.74) is 0.901. The van der Waals surface area contributed by atoms with Gasteiger partial charge in [0.25, 0.3) is 0 Å². The van der Waals surface area contributed by atoms with E-state index in [0.29, 0.717) is 19.6 Å². The first kappa shape index (κ1) is 15.1. The van der Waals surface area contributed by atoms with Crippen molar-refractivity contribution < 1.29 is 15.3 Å². The maximum absolute atomic E-state index is 10.2. The zero-order valence-electron chi connectivity index (χ0n) is 10.9. The van der Waals surface area contributed by atoms with Crippen LogP contribution in [-0.4, -0.2) is 53.1 Å². The van der Waals surface area contributed by atoms with E-state index < -0.39 is 6.10 Å². The fourth-order valence-corrected chi connectivity index (χ4v) is 2.06. The van der Waals surface area contributed by atoms with E-state index in [1.807, 2.05) is 42.2 Å². The summed E-state index contributed by atoms with van der Waals surface area (Å²) in [5, 5.41) is 28.1. The molecule has 2 unspecified atom stereocenters. The van der Waals surface area contributed by atoms with E-state index in [1.54, 1.807) is 0 Å². The summed E-state index contributed by atoms with van der Waals surface area (Å²) >= 11 is 0. The third-order valence-electron chi connectivity index (χ3n) is 3.06. The molecule has 1 aromatic carbocycles. The maximum atomic E-state index is 10.2. The first-order valence-corrected chi connectivity index (χ1v) is 6.36. The highest BCUT2D eigenvalue weighted by Crippen LogP contribution is 2.22. The van der Waals surface area contributed by atoms with Crippen LogP contribution in [0.3, 0.4) is 0 Å². The van der Waals surface area contributed by atoms with E-state index in [2.05, 4.69) is 0 Å². The van der Waals surface area contributed by atoms with Crippen LogP contribution in [0.2, 0.25) is 0 Å². The van der Waals surface area contributed by atoms with E-state index in [9.17, 15) is 5.11 Å². The Morgan fingerprint density at radius 2 is 1.61 bits per heavy atom. The number of rotatable bonds is 8. The lowest BCUT2D eigenvalue weighted by Gasteiger charge is -2.27. The summed E-state index contributed by atoms with van der Waals surface area (Å²) in [4.78, 5) is 1.96. The van der Waals surface area contributed by atoms with E-state index >= 15 is 0 Å². The quantitative estimate of drug-likeness (QED) is 0.636. The molecule has 4 nitrogen and oxygen atoms in total. The van der Waals surface area contributed by atoms with Gasteiger partial charge in [0.2, 0.25) is 0 Å². The Kier molecular flexibility index (Phi) is 6.90. The lowest BCUT2D eigenvalue weighted by atomic mass is 9.97. The minimum Gasteiger partial charge on any atom is -0.395 e. The number of hydrogen-bond donors (Lipinski definition) is 3. The van der Waals surface area contributed by atoms with Crippen LogP contribution in [0.25, 0.3) is 0 Å². The van der Waals surface area contributed by atoms with Crippen molar-refractivity contribution in [3.8, 4) is 0 Å². The van der Waals surface area contributed by atoms with Gasteiger partial charge in [-0.15, -0.1) is 0 Å². The van der Waals surface area contributed by atoms with Gasteiger partial charge < -0.3 is 15.3 Å². The van der Waals surface area contributed by atoms with Crippen molar-refractivity contribution in [1.82, 2.24) is 4.90 Å². The SMILES string of the molecule is CC(CN(CCO)CCO)C(O)c1ccccc1. The van der Waals surface area contributed by atoms with Crippen LogP contribution < -0.4 is 0 Å². The van der Waals surface area contributed by atoms with Crippen molar-refractivity contribution in [1.29, 1.82) is 0 Å². The average molecular weight is 253 g/mol. The highest BCUT2D eigenvalue weighted by molar-refractivity contribution is 5.17. The largest absolute Gasteiger partial charge is 0.395 e. The molecule has 0 fully saturated rings. The van der Waals surface area contributed by atoms with Gasteiger partial charge in [-0.2, -0.15) is 0 Å². The van der Waals surface area contributed by atoms with Crippen LogP contribution in [-0.2, 0) is 0 Å². The summed E-state index contributed by atoms with van der Waals surface area (Å²) in [7, 11) is 0. The molecule has 0 saturated heterocycles. The predicted molar refractivity (Wildman–Crippen MR) is 71.2 cm³/mol. The second-order valence-electron chi connectivity index (χ2n) is 4.58. The van der Waals surface area contributed by atoms with Gasteiger partial charge >= 0.3 is 0 Å². The monoisotopic (exact) mass is 253 g/mol. The van der Waals surface area contributed by atoms with Crippen LogP contribution >= 0.6 is 0 Å². The van der Waals surface area contributed by atoms with Gasteiger partial charge in [0.1, 0.15) is 0 Å². The molecule has 0 spiro atoms. The Morgan fingerprint density at radius 1 is 1.06 bits per heavy atom. The minimum absolute atomic E-state index is 0.0468. The summed E-state index contributed by atoms with van der Waals surface area (Å²) in [6.45, 7) is 3.79. The van der Waals surface area contributed by atoms with E-state index in [-0.39, 0.29) is 19.1 Å². The third kappa shape index (κ3) is 4.74. The number of benzene rings is 1. The van der Waals surface area contributed by atoms with Crippen molar-refractivity contribution in [3.05, 3.63) is 35.9 Å². The molecule has 0 saturated carbocycles. The van der Waals surface area contributed by atoms with E-state index in [1.165, 1.54) is 0 Å². The van der Waals surface area contributed by atoms with Crippen molar-refractivity contribution in [2.75, 3.05) is 32.8 Å². The van der Waals surface area contributed by atoms with Gasteiger partial charge in [-0.3, -0.25) is 4.90 Å². The van der Waals surface area contributed by atoms with Crippen LogP contribution in [0.4, 0.5) is 0 Å². The van der Waals surface area contributed by atoms with Gasteiger partial charge in [-0.05, 0) is 11.5 Å². The summed E-state index contributed by atoms with van der Waals surface area (Å²) in [6.07, 6.45) is -0.522. The fraction of sp³-hybridized carbons (Fsp3) is 0.571. The van der Waals surface area contributed by atoms with Gasteiger partial charge in [0.15, 0.2) is 0 Å². The molecule has 1 rings (SSSR count). The van der Waals surface area contributed by atoms with Gasteiger partial charge in [0.05, 0.1) is 19.3 Å². The zero-order chi connectivity index (χ0) is 13.4. The topological polar surface area (TPSA) is 63.9 Å². The first-order valence-electron chi connectivity index (χ1n) is 6.36. The van der Waals surface area contributed by atoms with Gasteiger partial charge in [-0.25, -0.2) is 0 Å². The lowest BCUT2D eigenvalue weighted by Crippen LogP contribution is -2.35. The molecule has 0 bridgehead atoms. The standard InChI is InChI=1S/C14H23NO3/c1-12(11-15(7-9-16)8-10-17)14(18)13-5-3-2-4-6-13/h2-6,12,14,16-18H,7-11H2,1H3. The Balaban J connectivity index is 2.55. The predicted octanol–water partition coefficient (Wildman–Crippen LogP) is 0.643. The van der Waals surface area contributed by atoms with Crippen molar-refractivity contribution in [2.24, 2.45) is 5.92 Å². The molecule has 18 heavy (non-hydrogen) atoms. The molecule has 1 aromatic rings. The molecule has 102 valence electrons. The molecule has 2 atom stereocenters. The Hall–Kier alpha value is -0.940. The third-order valence-corrected chi connectivity index (χ3v) is 3.06. The summed E-state index contributed by atoms with van der Waals surface area (Å²) in [5.74, 6) is 0.0468. The normalized spacial score (nSPS) is 14.7. The molecule has 0 amide bonds. The van der Waals surface area contributed by atoms with E-state index in [4.69, 9.17) is 10.2 Å². The highest BCUT2D eigenvalue weighted by Gasteiger charge is 2.18. The number of aliphatic hydroxyl groups is 3. The van der Waals surface area contributed by atoms with Crippen LogP contribution in [0.15, 0.2) is 30.3 Å². The second-order valence-corrected chi connectivity index (χ2v) is 4.58. The number of aliphatic hydroxyl groups excluding tert-OH is 3. The van der Waals surface area contributed by atoms with Crippen molar-refractivity contribution in [3.63, 3.8) is 0 Å². The second kappa shape index (κ2) is 8.21. The number of nitrogens with zero attached hydrogens (tertiary/aromatic N) is 1. The minimum atomic E-state index is -0.522. The molecule has 3 N–H and O–H groups in total. The summed E-state index contributed by atoms with van der Waals surface area (Å²) < 4.78 is 0. The van der Waals surface area contributed by atoms with Gasteiger partial charge in [-0.1, -0.05) is 37.3 Å². The maximum Gasteiger partial charge on any atom is 0.0827 e. The molecule has 0 aliphatic rings. The first-order chi connectivity index (χ1) is 8.69. The smallest absolute Gasteiger partial charge is 0.0827 e. The molecule has 0 aliphatic carbocycles. The fourth-order valence-electron chi connectivity index (χ4n) is 2.06. The van der Waals surface area contributed by atoms with Crippen molar-refractivity contribution >= 4 is 0 Å². The lowest BCUT2D eigenvalue weighted by molar-refractivity contribution is 0.0743. The highest BCUT2D eigenvalue weighted by atomic mass is 16.3. The molecular formula is C14H23NO3. The molecule has 0 aliphatic heterocycles. The molecular weight excluding hydrogens is 230 g/mol. The molecule has 4 heteroatoms. The average Bonchev–Trinajstić information content (AvgIpc) is 2.39. The zero-order valence-corrected chi connectivity index (χ0v) is 10.9. The van der Waals surface area contributed by atoms with E-state index in [0.717, 1.165) is 5.56 Å². The molecule has 0 heterocycles. The van der Waals surface area contributed by atoms with Gasteiger partial charge in [0, 0.05) is 19.6 Å². The Labute approximate surface area is 108 Å².